The van der Waals surface area contributed by atoms with E-state index in [0.717, 1.165) is 29.5 Å². The summed E-state index contributed by atoms with van der Waals surface area (Å²) in [5, 5.41) is 8.96. The van der Waals surface area contributed by atoms with Gasteiger partial charge in [-0.15, -0.1) is 0 Å². The summed E-state index contributed by atoms with van der Waals surface area (Å²) in [5.74, 6) is -0.975. The van der Waals surface area contributed by atoms with Crippen molar-refractivity contribution in [2.24, 2.45) is 0 Å². The number of aryl methyl sites for hydroxylation is 2. The largest absolute Gasteiger partial charge is 0.207 e. The van der Waals surface area contributed by atoms with E-state index >= 15 is 0 Å². The zero-order valence-corrected chi connectivity index (χ0v) is 13.2. The Bertz CT molecular complexity index is 751. The van der Waals surface area contributed by atoms with Crippen LogP contribution in [0.3, 0.4) is 0 Å². The Kier molecular flexibility index (Phi) is 4.43. The molecule has 1 unspecified atom stereocenters. The molecule has 0 N–H and O–H groups in total. The van der Waals surface area contributed by atoms with Gasteiger partial charge in [-0.2, -0.15) is 5.26 Å². The zero-order chi connectivity index (χ0) is 16.4. The molecular weight excluding hydrogens is 292 g/mol. The maximum absolute atomic E-state index is 14.4. The minimum Gasteiger partial charge on any atom is -0.207 e. The molecule has 0 radical (unpaired) electrons. The van der Waals surface area contributed by atoms with Crippen molar-refractivity contribution < 1.29 is 8.78 Å². The number of nitrogens with zero attached hydrogens (tertiary/aromatic N) is 1. The predicted molar refractivity (Wildman–Crippen MR) is 86.3 cm³/mol. The average Bonchev–Trinajstić information content (AvgIpc) is 2.54. The number of nitriles is 1. The van der Waals surface area contributed by atoms with Crippen LogP contribution < -0.4 is 0 Å². The molecule has 0 spiro atoms. The number of halogens is 2. The van der Waals surface area contributed by atoms with Crippen LogP contribution in [0.1, 0.15) is 53.5 Å². The Morgan fingerprint density at radius 2 is 1.87 bits per heavy atom. The summed E-state index contributed by atoms with van der Waals surface area (Å²) in [6.45, 7) is 2.00. The highest BCUT2D eigenvalue weighted by molar-refractivity contribution is 5.41. The van der Waals surface area contributed by atoms with Crippen LogP contribution in [0.5, 0.6) is 0 Å². The van der Waals surface area contributed by atoms with Crippen LogP contribution in [0.25, 0.3) is 0 Å². The molecule has 0 saturated carbocycles. The third kappa shape index (κ3) is 3.12. The topological polar surface area (TPSA) is 23.8 Å². The normalized spacial score (nSPS) is 16.7. The van der Waals surface area contributed by atoms with E-state index < -0.39 is 11.6 Å². The lowest BCUT2D eigenvalue weighted by molar-refractivity contribution is 0.489. The Morgan fingerprint density at radius 3 is 2.52 bits per heavy atom. The van der Waals surface area contributed by atoms with Crippen molar-refractivity contribution in [3.8, 4) is 6.07 Å². The number of hydrogen-bond acceptors (Lipinski definition) is 1. The second kappa shape index (κ2) is 6.50. The quantitative estimate of drug-likeness (QED) is 0.777. The van der Waals surface area contributed by atoms with Crippen molar-refractivity contribution in [1.82, 2.24) is 0 Å². The van der Waals surface area contributed by atoms with Crippen LogP contribution in [0, 0.1) is 23.0 Å². The van der Waals surface area contributed by atoms with Crippen molar-refractivity contribution >= 4 is 0 Å². The Balaban J connectivity index is 1.90. The first-order valence-electron chi connectivity index (χ1n) is 8.12. The number of fused-ring (bicyclic) bond motifs is 1. The summed E-state index contributed by atoms with van der Waals surface area (Å²) in [4.78, 5) is 0. The van der Waals surface area contributed by atoms with E-state index in [0.29, 0.717) is 24.8 Å². The van der Waals surface area contributed by atoms with Crippen molar-refractivity contribution in [2.45, 2.75) is 44.9 Å². The molecule has 0 aliphatic heterocycles. The average molecular weight is 311 g/mol. The molecule has 118 valence electrons. The van der Waals surface area contributed by atoms with Crippen molar-refractivity contribution in [3.05, 3.63) is 69.8 Å². The summed E-state index contributed by atoms with van der Waals surface area (Å²) in [7, 11) is 0. The number of benzene rings is 2. The van der Waals surface area contributed by atoms with Gasteiger partial charge in [-0.1, -0.05) is 19.4 Å². The third-order valence-electron chi connectivity index (χ3n) is 4.65. The van der Waals surface area contributed by atoms with E-state index in [4.69, 9.17) is 5.26 Å². The number of rotatable bonds is 3. The minimum atomic E-state index is -0.421. The second-order valence-electron chi connectivity index (χ2n) is 6.26. The van der Waals surface area contributed by atoms with Gasteiger partial charge < -0.3 is 0 Å². The van der Waals surface area contributed by atoms with Crippen LogP contribution in [0.15, 0.2) is 30.3 Å². The van der Waals surface area contributed by atoms with Gasteiger partial charge in [0, 0.05) is 5.56 Å². The highest BCUT2D eigenvalue weighted by Gasteiger charge is 2.26. The first-order chi connectivity index (χ1) is 11.1. The molecule has 0 saturated heterocycles. The van der Waals surface area contributed by atoms with Crippen molar-refractivity contribution in [2.75, 3.05) is 0 Å². The van der Waals surface area contributed by atoms with Gasteiger partial charge in [0.25, 0.3) is 0 Å². The zero-order valence-electron chi connectivity index (χ0n) is 13.2. The van der Waals surface area contributed by atoms with Gasteiger partial charge in [0.1, 0.15) is 11.6 Å². The van der Waals surface area contributed by atoms with Crippen LogP contribution in [-0.2, 0) is 19.3 Å². The van der Waals surface area contributed by atoms with Gasteiger partial charge in [0.05, 0.1) is 11.6 Å². The van der Waals surface area contributed by atoms with Gasteiger partial charge in [-0.25, -0.2) is 8.78 Å². The molecule has 0 amide bonds. The highest BCUT2D eigenvalue weighted by Crippen LogP contribution is 2.36. The fourth-order valence-corrected chi connectivity index (χ4v) is 3.53. The minimum absolute atomic E-state index is 0.133. The molecule has 3 heteroatoms. The molecule has 1 atom stereocenters. The Labute approximate surface area is 135 Å². The Morgan fingerprint density at radius 1 is 1.13 bits per heavy atom. The SMILES string of the molecule is CCCc1cc(F)c(C2CCc3cc(C#N)ccc3C2)c(F)c1. The fraction of sp³-hybridized carbons (Fsp3) is 0.350. The molecule has 1 aliphatic rings. The van der Waals surface area contributed by atoms with E-state index in [1.54, 1.807) is 6.07 Å². The maximum atomic E-state index is 14.4. The van der Waals surface area contributed by atoms with Gasteiger partial charge in [-0.3, -0.25) is 0 Å². The van der Waals surface area contributed by atoms with Gasteiger partial charge >= 0.3 is 0 Å². The second-order valence-corrected chi connectivity index (χ2v) is 6.26. The lowest BCUT2D eigenvalue weighted by Gasteiger charge is -2.26. The van der Waals surface area contributed by atoms with E-state index in [-0.39, 0.29) is 11.5 Å². The fourth-order valence-electron chi connectivity index (χ4n) is 3.53. The van der Waals surface area contributed by atoms with Crippen LogP contribution >= 0.6 is 0 Å². The lowest BCUT2D eigenvalue weighted by atomic mass is 9.79. The molecule has 2 aromatic rings. The van der Waals surface area contributed by atoms with E-state index in [1.165, 1.54) is 12.1 Å². The third-order valence-corrected chi connectivity index (χ3v) is 4.65. The maximum Gasteiger partial charge on any atom is 0.129 e. The lowest BCUT2D eigenvalue weighted by Crippen LogP contribution is -2.16. The monoisotopic (exact) mass is 311 g/mol. The summed E-state index contributed by atoms with van der Waals surface area (Å²) < 4.78 is 28.9. The summed E-state index contributed by atoms with van der Waals surface area (Å²) in [5.41, 5.74) is 3.81. The smallest absolute Gasteiger partial charge is 0.129 e. The van der Waals surface area contributed by atoms with E-state index in [1.807, 2.05) is 19.1 Å². The molecule has 3 rings (SSSR count). The molecule has 0 fully saturated rings. The first-order valence-corrected chi connectivity index (χ1v) is 8.12. The molecular formula is C20H19F2N. The molecule has 2 aromatic carbocycles. The first kappa shape index (κ1) is 15.7. The van der Waals surface area contributed by atoms with Gasteiger partial charge in [0.2, 0.25) is 0 Å². The molecule has 0 heterocycles. The molecule has 1 nitrogen and oxygen atoms in total. The van der Waals surface area contributed by atoms with E-state index in [2.05, 4.69) is 6.07 Å². The Hall–Kier alpha value is -2.21. The van der Waals surface area contributed by atoms with Crippen LogP contribution in [0.4, 0.5) is 8.78 Å². The standard InChI is InChI=1S/C20H19F2N/c1-2-3-13-9-18(21)20(19(22)10-13)17-7-6-15-8-14(12-23)4-5-16(15)11-17/h4-5,8-10,17H,2-3,6-7,11H2,1H3. The van der Waals surface area contributed by atoms with E-state index in [9.17, 15) is 8.78 Å². The van der Waals surface area contributed by atoms with Crippen LogP contribution in [-0.4, -0.2) is 0 Å². The number of hydrogen-bond donors (Lipinski definition) is 0. The molecule has 1 aliphatic carbocycles. The summed E-state index contributed by atoms with van der Waals surface area (Å²) >= 11 is 0. The predicted octanol–water partition coefficient (Wildman–Crippen LogP) is 5.06. The molecule has 23 heavy (non-hydrogen) atoms. The van der Waals surface area contributed by atoms with Crippen LogP contribution in [0.2, 0.25) is 0 Å². The van der Waals surface area contributed by atoms with Gasteiger partial charge in [-0.05, 0) is 72.6 Å². The highest BCUT2D eigenvalue weighted by atomic mass is 19.1. The molecule has 0 aromatic heterocycles. The summed E-state index contributed by atoms with van der Waals surface area (Å²) in [6, 6.07) is 10.7. The van der Waals surface area contributed by atoms with Crippen molar-refractivity contribution in [1.29, 1.82) is 5.26 Å². The molecule has 0 bridgehead atoms. The van der Waals surface area contributed by atoms with Crippen molar-refractivity contribution in [3.63, 3.8) is 0 Å². The van der Waals surface area contributed by atoms with Gasteiger partial charge in [0.15, 0.2) is 0 Å². The summed E-state index contributed by atoms with van der Waals surface area (Å²) in [6.07, 6.45) is 3.66.